The van der Waals surface area contributed by atoms with Crippen molar-refractivity contribution < 1.29 is 27.9 Å². The molecule has 32 heavy (non-hydrogen) atoms. The van der Waals surface area contributed by atoms with Gasteiger partial charge in [0.05, 0.1) is 25.4 Å². The van der Waals surface area contributed by atoms with E-state index in [0.717, 1.165) is 4.57 Å². The number of carbonyl (C=O) groups is 2. The average molecular weight is 442 g/mol. The van der Waals surface area contributed by atoms with E-state index in [1.807, 2.05) is 0 Å². The highest BCUT2D eigenvalue weighted by Crippen LogP contribution is 2.12. The molecule has 4 heterocycles. The number of ether oxygens (including phenoxy) is 2. The van der Waals surface area contributed by atoms with Gasteiger partial charge < -0.3 is 22.9 Å². The number of aryl methyl sites for hydroxylation is 1. The van der Waals surface area contributed by atoms with Crippen molar-refractivity contribution in [1.82, 2.24) is 18.7 Å². The maximum atomic E-state index is 12.7. The fraction of sp³-hybridized carbons (Fsp3) is 0.250. The number of aromatic nitrogens is 4. The molecule has 0 aliphatic rings. The van der Waals surface area contributed by atoms with E-state index in [0.29, 0.717) is 0 Å². The molecule has 0 amide bonds. The van der Waals surface area contributed by atoms with Crippen molar-refractivity contribution in [2.45, 2.75) is 12.6 Å². The second-order valence-corrected chi connectivity index (χ2v) is 6.86. The zero-order chi connectivity index (χ0) is 22.8. The lowest BCUT2D eigenvalue weighted by Crippen LogP contribution is -2.38. The summed E-state index contributed by atoms with van der Waals surface area (Å²) in [4.78, 5) is 53.5. The van der Waals surface area contributed by atoms with E-state index in [1.165, 1.54) is 66.3 Å². The molecular formula is C20H18N4O8. The highest BCUT2D eigenvalue weighted by molar-refractivity contribution is 5.87. The minimum Gasteiger partial charge on any atom is -0.457 e. The first-order chi connectivity index (χ1) is 15.4. The van der Waals surface area contributed by atoms with Gasteiger partial charge in [-0.1, -0.05) is 0 Å². The SMILES string of the molecule is Cn1c(=O)c2c(ncn2CC(COC(=O)c2ccco2)OC(=O)c2ccco2)n(C)c1=O. The first-order valence-electron chi connectivity index (χ1n) is 9.42. The van der Waals surface area contributed by atoms with Crippen LogP contribution >= 0.6 is 0 Å². The lowest BCUT2D eigenvalue weighted by Gasteiger charge is -2.18. The number of imidazole rings is 1. The molecule has 0 aromatic carbocycles. The quantitative estimate of drug-likeness (QED) is 0.378. The number of esters is 2. The summed E-state index contributed by atoms with van der Waals surface area (Å²) >= 11 is 0. The van der Waals surface area contributed by atoms with Crippen LogP contribution in [0.1, 0.15) is 21.1 Å². The Morgan fingerprint density at radius 3 is 2.31 bits per heavy atom. The van der Waals surface area contributed by atoms with Gasteiger partial charge in [-0.2, -0.15) is 0 Å². The van der Waals surface area contributed by atoms with Crippen molar-refractivity contribution >= 4 is 23.1 Å². The molecule has 4 rings (SSSR count). The van der Waals surface area contributed by atoms with Gasteiger partial charge in [0.2, 0.25) is 11.5 Å². The molecule has 4 aromatic heterocycles. The highest BCUT2D eigenvalue weighted by atomic mass is 16.6. The van der Waals surface area contributed by atoms with Crippen LogP contribution in [0, 0.1) is 0 Å². The van der Waals surface area contributed by atoms with Crippen molar-refractivity contribution in [3.8, 4) is 0 Å². The lowest BCUT2D eigenvalue weighted by molar-refractivity contribution is -0.00811. The molecule has 0 N–H and O–H groups in total. The summed E-state index contributed by atoms with van der Waals surface area (Å²) in [5.74, 6) is -1.58. The topological polar surface area (TPSA) is 141 Å². The monoisotopic (exact) mass is 442 g/mol. The molecule has 12 nitrogen and oxygen atoms in total. The van der Waals surface area contributed by atoms with Crippen molar-refractivity contribution in [3.63, 3.8) is 0 Å². The van der Waals surface area contributed by atoms with Crippen molar-refractivity contribution in [1.29, 1.82) is 0 Å². The van der Waals surface area contributed by atoms with Crippen molar-refractivity contribution in [2.75, 3.05) is 6.61 Å². The Morgan fingerprint density at radius 1 is 1.03 bits per heavy atom. The Bertz CT molecular complexity index is 1380. The standard InChI is InChI=1S/C20H18N4O8/c1-22-16-15(17(25)23(2)20(22)28)24(11-21-16)9-12(32-19(27)14-6-4-8-30-14)10-31-18(26)13-5-3-7-29-13/h3-8,11-12H,9-10H2,1-2H3. The molecular weight excluding hydrogens is 424 g/mol. The van der Waals surface area contributed by atoms with E-state index < -0.39 is 29.3 Å². The summed E-state index contributed by atoms with van der Waals surface area (Å²) in [7, 11) is 2.84. The van der Waals surface area contributed by atoms with Crippen molar-refractivity contribution in [3.05, 3.63) is 75.5 Å². The van der Waals surface area contributed by atoms with Gasteiger partial charge in [-0.25, -0.2) is 19.4 Å². The summed E-state index contributed by atoms with van der Waals surface area (Å²) < 4.78 is 24.3. The van der Waals surface area contributed by atoms with Gasteiger partial charge in [-0.3, -0.25) is 13.9 Å². The zero-order valence-corrected chi connectivity index (χ0v) is 17.1. The number of nitrogens with zero attached hydrogens (tertiary/aromatic N) is 4. The van der Waals surface area contributed by atoms with Crippen LogP contribution < -0.4 is 11.2 Å². The summed E-state index contributed by atoms with van der Waals surface area (Å²) in [6, 6.07) is 5.91. The number of hydrogen-bond donors (Lipinski definition) is 0. The summed E-state index contributed by atoms with van der Waals surface area (Å²) in [6.45, 7) is -0.417. The molecule has 1 unspecified atom stereocenters. The number of fused-ring (bicyclic) bond motifs is 1. The van der Waals surface area contributed by atoms with Crippen LogP contribution in [-0.4, -0.2) is 43.3 Å². The molecule has 166 valence electrons. The maximum Gasteiger partial charge on any atom is 0.374 e. The Balaban J connectivity index is 1.62. The molecule has 0 spiro atoms. The van der Waals surface area contributed by atoms with Crippen LogP contribution in [0.25, 0.3) is 11.2 Å². The van der Waals surface area contributed by atoms with Gasteiger partial charge in [0.25, 0.3) is 5.56 Å². The minimum atomic E-state index is -1.01. The fourth-order valence-electron chi connectivity index (χ4n) is 3.12. The molecule has 0 saturated carbocycles. The van der Waals surface area contributed by atoms with Crippen LogP contribution in [0.3, 0.4) is 0 Å². The predicted octanol–water partition coefficient (Wildman–Crippen LogP) is 0.702. The van der Waals surface area contributed by atoms with Gasteiger partial charge >= 0.3 is 17.6 Å². The smallest absolute Gasteiger partial charge is 0.374 e. The first-order valence-corrected chi connectivity index (χ1v) is 9.42. The number of furan rings is 2. The van der Waals surface area contributed by atoms with Crippen molar-refractivity contribution in [2.24, 2.45) is 14.1 Å². The third-order valence-corrected chi connectivity index (χ3v) is 4.74. The number of carbonyl (C=O) groups excluding carboxylic acids is 2. The Labute approximate surface area is 179 Å². The van der Waals surface area contributed by atoms with Crippen LogP contribution in [0.5, 0.6) is 0 Å². The maximum absolute atomic E-state index is 12.7. The van der Waals surface area contributed by atoms with E-state index in [9.17, 15) is 19.2 Å². The van der Waals surface area contributed by atoms with Gasteiger partial charge in [0.15, 0.2) is 17.3 Å². The van der Waals surface area contributed by atoms with E-state index in [4.69, 9.17) is 18.3 Å². The Morgan fingerprint density at radius 2 is 1.69 bits per heavy atom. The van der Waals surface area contributed by atoms with Crippen LogP contribution in [-0.2, 0) is 30.1 Å². The Hall–Kier alpha value is -4.35. The van der Waals surface area contributed by atoms with E-state index in [-0.39, 0.29) is 35.8 Å². The summed E-state index contributed by atoms with van der Waals surface area (Å²) in [5, 5.41) is 0. The normalized spacial score (nSPS) is 12.1. The summed E-state index contributed by atoms with van der Waals surface area (Å²) in [5.41, 5.74) is -0.794. The number of rotatable bonds is 7. The molecule has 12 heteroatoms. The van der Waals surface area contributed by atoms with Crippen LogP contribution in [0.4, 0.5) is 0 Å². The van der Waals surface area contributed by atoms with E-state index >= 15 is 0 Å². The molecule has 4 aromatic rings. The van der Waals surface area contributed by atoms with E-state index in [1.54, 1.807) is 0 Å². The van der Waals surface area contributed by atoms with Crippen LogP contribution in [0.15, 0.2) is 61.5 Å². The zero-order valence-electron chi connectivity index (χ0n) is 17.1. The highest BCUT2D eigenvalue weighted by Gasteiger charge is 2.24. The molecule has 0 aliphatic carbocycles. The predicted molar refractivity (Wildman–Crippen MR) is 107 cm³/mol. The molecule has 1 atom stereocenters. The number of hydrogen-bond acceptors (Lipinski definition) is 9. The van der Waals surface area contributed by atoms with E-state index in [2.05, 4.69) is 4.98 Å². The molecule has 0 fully saturated rings. The molecule has 0 aliphatic heterocycles. The average Bonchev–Trinajstić information content (AvgIpc) is 3.55. The van der Waals surface area contributed by atoms with Gasteiger partial charge in [-0.05, 0) is 24.3 Å². The lowest BCUT2D eigenvalue weighted by atomic mass is 10.3. The first kappa shape index (κ1) is 20.9. The van der Waals surface area contributed by atoms with Gasteiger partial charge in [-0.15, -0.1) is 0 Å². The Kier molecular flexibility index (Phi) is 5.50. The second kappa shape index (κ2) is 8.41. The minimum absolute atomic E-state index is 0.0157. The molecule has 0 radical (unpaired) electrons. The second-order valence-electron chi connectivity index (χ2n) is 6.86. The van der Waals surface area contributed by atoms with Gasteiger partial charge in [0.1, 0.15) is 6.61 Å². The summed E-state index contributed by atoms with van der Waals surface area (Å²) in [6.07, 6.45) is 2.97. The fourth-order valence-corrected chi connectivity index (χ4v) is 3.12. The molecule has 0 saturated heterocycles. The van der Waals surface area contributed by atoms with Gasteiger partial charge in [0, 0.05) is 14.1 Å². The third kappa shape index (κ3) is 3.85. The van der Waals surface area contributed by atoms with Crippen LogP contribution in [0.2, 0.25) is 0 Å². The third-order valence-electron chi connectivity index (χ3n) is 4.74. The largest absolute Gasteiger partial charge is 0.457 e. The molecule has 0 bridgehead atoms.